The van der Waals surface area contributed by atoms with Gasteiger partial charge >= 0.3 is 0 Å². The molecule has 2 aromatic rings. The van der Waals surface area contributed by atoms with Crippen LogP contribution in [0.1, 0.15) is 55.2 Å². The van der Waals surface area contributed by atoms with Gasteiger partial charge in [0.15, 0.2) is 0 Å². The zero-order chi connectivity index (χ0) is 22.3. The van der Waals surface area contributed by atoms with Crippen molar-refractivity contribution < 1.29 is 14.3 Å². The molecule has 0 bridgehead atoms. The van der Waals surface area contributed by atoms with E-state index in [4.69, 9.17) is 9.47 Å². The molecule has 5 rings (SSSR count). The molecule has 1 amide bonds. The molecule has 0 heterocycles. The van der Waals surface area contributed by atoms with Crippen LogP contribution in [0.4, 0.5) is 0 Å². The molecule has 0 unspecified atom stereocenters. The van der Waals surface area contributed by atoms with E-state index in [-0.39, 0.29) is 23.3 Å². The largest absolute Gasteiger partial charge is 0.489 e. The van der Waals surface area contributed by atoms with E-state index in [1.165, 1.54) is 29.5 Å². The first kappa shape index (κ1) is 21.5. The van der Waals surface area contributed by atoms with Gasteiger partial charge in [-0.05, 0) is 84.1 Å². The summed E-state index contributed by atoms with van der Waals surface area (Å²) in [6.07, 6.45) is 5.55. The molecule has 6 atom stereocenters. The van der Waals surface area contributed by atoms with Crippen LogP contribution in [0.3, 0.4) is 0 Å². The molecule has 0 aliphatic heterocycles. The van der Waals surface area contributed by atoms with Crippen LogP contribution in [0.25, 0.3) is 0 Å². The molecule has 0 aromatic heterocycles. The quantitative estimate of drug-likeness (QED) is 0.713. The number of hydrogen-bond donors (Lipinski definition) is 1. The van der Waals surface area contributed by atoms with Crippen molar-refractivity contribution in [2.45, 2.75) is 57.7 Å². The Kier molecular flexibility index (Phi) is 5.75. The number of rotatable bonds is 5. The Bertz CT molecular complexity index is 974. The summed E-state index contributed by atoms with van der Waals surface area (Å²) in [5, 5.41) is 2.88. The average Bonchev–Trinajstić information content (AvgIpc) is 3.14. The number of fused-ring (bicyclic) bond motifs is 5. The molecule has 0 saturated heterocycles. The van der Waals surface area contributed by atoms with Crippen molar-refractivity contribution in [3.05, 3.63) is 65.2 Å². The SMILES string of the molecule is CNC(=O)[C@@H]1C[C@H]2[C@@H]3CCc4cc(OCc5ccccc5)ccc4[C@H]3CC[C@]2(C)[C@H]1OC. The predicted octanol–water partition coefficient (Wildman–Crippen LogP) is 5.11. The summed E-state index contributed by atoms with van der Waals surface area (Å²) < 4.78 is 12.1. The van der Waals surface area contributed by atoms with Gasteiger partial charge < -0.3 is 14.8 Å². The van der Waals surface area contributed by atoms with E-state index in [1.54, 1.807) is 14.2 Å². The molecule has 2 fully saturated rings. The zero-order valence-corrected chi connectivity index (χ0v) is 19.5. The number of carbonyl (C=O) groups is 1. The van der Waals surface area contributed by atoms with Crippen molar-refractivity contribution in [3.63, 3.8) is 0 Å². The predicted molar refractivity (Wildman–Crippen MR) is 126 cm³/mol. The van der Waals surface area contributed by atoms with Gasteiger partial charge in [-0.3, -0.25) is 4.79 Å². The molecule has 3 aliphatic carbocycles. The summed E-state index contributed by atoms with van der Waals surface area (Å²) in [5.74, 6) is 2.82. The lowest BCUT2D eigenvalue weighted by atomic mass is 9.55. The van der Waals surface area contributed by atoms with Crippen LogP contribution < -0.4 is 10.1 Å². The first-order chi connectivity index (χ1) is 15.5. The number of carbonyl (C=O) groups excluding carboxylic acids is 1. The molecule has 4 nitrogen and oxygen atoms in total. The van der Waals surface area contributed by atoms with Crippen molar-refractivity contribution in [1.29, 1.82) is 0 Å². The van der Waals surface area contributed by atoms with E-state index in [0.717, 1.165) is 25.0 Å². The molecule has 3 aliphatic rings. The third-order valence-electron chi connectivity index (χ3n) is 8.74. The van der Waals surface area contributed by atoms with Crippen LogP contribution in [-0.4, -0.2) is 26.2 Å². The highest BCUT2D eigenvalue weighted by molar-refractivity contribution is 5.79. The van der Waals surface area contributed by atoms with Gasteiger partial charge in [0.25, 0.3) is 0 Å². The Morgan fingerprint density at radius 2 is 1.97 bits per heavy atom. The van der Waals surface area contributed by atoms with Crippen LogP contribution in [0.15, 0.2) is 48.5 Å². The van der Waals surface area contributed by atoms with Crippen molar-refractivity contribution in [3.8, 4) is 5.75 Å². The lowest BCUT2D eigenvalue weighted by molar-refractivity contribution is -0.130. The highest BCUT2D eigenvalue weighted by Crippen LogP contribution is 2.63. The molecular formula is C28H35NO3. The summed E-state index contributed by atoms with van der Waals surface area (Å²) in [6.45, 7) is 2.98. The van der Waals surface area contributed by atoms with Gasteiger partial charge in [-0.2, -0.15) is 0 Å². The molecular weight excluding hydrogens is 398 g/mol. The van der Waals surface area contributed by atoms with Gasteiger partial charge in [0.1, 0.15) is 12.4 Å². The summed E-state index contributed by atoms with van der Waals surface area (Å²) in [4.78, 5) is 12.6. The van der Waals surface area contributed by atoms with Crippen molar-refractivity contribution in [1.82, 2.24) is 5.32 Å². The number of methoxy groups -OCH3 is 1. The minimum atomic E-state index is -0.0334. The Morgan fingerprint density at radius 1 is 1.16 bits per heavy atom. The van der Waals surface area contributed by atoms with Crippen molar-refractivity contribution >= 4 is 5.91 Å². The number of benzene rings is 2. The Morgan fingerprint density at radius 3 is 2.72 bits per heavy atom. The van der Waals surface area contributed by atoms with Crippen LogP contribution in [0.2, 0.25) is 0 Å². The van der Waals surface area contributed by atoms with Crippen molar-refractivity contribution in [2.75, 3.05) is 14.2 Å². The molecule has 0 radical (unpaired) electrons. The van der Waals surface area contributed by atoms with Gasteiger partial charge in [-0.1, -0.05) is 43.3 Å². The fourth-order valence-corrected chi connectivity index (χ4v) is 7.25. The molecule has 2 aromatic carbocycles. The second kappa shape index (κ2) is 8.55. The fourth-order valence-electron chi connectivity index (χ4n) is 7.25. The maximum absolute atomic E-state index is 12.6. The zero-order valence-electron chi connectivity index (χ0n) is 19.5. The van der Waals surface area contributed by atoms with E-state index in [9.17, 15) is 4.79 Å². The normalized spacial score (nSPS) is 33.0. The number of ether oxygens (including phenoxy) is 2. The van der Waals surface area contributed by atoms with E-state index < -0.39 is 0 Å². The molecule has 0 spiro atoms. The molecule has 170 valence electrons. The van der Waals surface area contributed by atoms with Crippen LogP contribution in [0.5, 0.6) is 5.75 Å². The molecule has 32 heavy (non-hydrogen) atoms. The van der Waals surface area contributed by atoms with Gasteiger partial charge in [-0.15, -0.1) is 0 Å². The Labute approximate surface area is 191 Å². The van der Waals surface area contributed by atoms with Crippen LogP contribution >= 0.6 is 0 Å². The van der Waals surface area contributed by atoms with Crippen molar-refractivity contribution in [2.24, 2.45) is 23.2 Å². The summed E-state index contributed by atoms with van der Waals surface area (Å²) in [7, 11) is 3.53. The maximum Gasteiger partial charge on any atom is 0.225 e. The Balaban J connectivity index is 1.35. The summed E-state index contributed by atoms with van der Waals surface area (Å²) in [6, 6.07) is 17.1. The lowest BCUT2D eigenvalue weighted by Crippen LogP contribution is -2.46. The maximum atomic E-state index is 12.6. The summed E-state index contributed by atoms with van der Waals surface area (Å²) >= 11 is 0. The topological polar surface area (TPSA) is 47.6 Å². The second-order valence-electron chi connectivity index (χ2n) is 10.2. The standard InChI is InChI=1S/C28H35NO3/c1-28-14-13-22-21-12-10-20(32-17-18-7-5-4-6-8-18)15-19(21)9-11-23(22)25(28)16-24(26(28)31-3)27(30)29-2/h4-8,10,12,15,22-26H,9,11,13-14,16-17H2,1-3H3,(H,29,30)/t22-,23-,24-,25+,26+,28+/m1/s1. The minimum absolute atomic E-state index is 0.0172. The van der Waals surface area contributed by atoms with Gasteiger partial charge in [-0.25, -0.2) is 0 Å². The van der Waals surface area contributed by atoms with E-state index in [0.29, 0.717) is 24.4 Å². The molecule has 2 saturated carbocycles. The van der Waals surface area contributed by atoms with E-state index in [1.807, 2.05) is 18.2 Å². The third kappa shape index (κ3) is 3.53. The van der Waals surface area contributed by atoms with E-state index in [2.05, 4.69) is 42.6 Å². The smallest absolute Gasteiger partial charge is 0.225 e. The van der Waals surface area contributed by atoms with Crippen LogP contribution in [-0.2, 0) is 22.6 Å². The lowest BCUT2D eigenvalue weighted by Gasteiger charge is -2.50. The number of nitrogens with one attached hydrogen (secondary N) is 1. The third-order valence-corrected chi connectivity index (χ3v) is 8.74. The minimum Gasteiger partial charge on any atom is -0.489 e. The Hall–Kier alpha value is -2.33. The first-order valence-corrected chi connectivity index (χ1v) is 12.1. The summed E-state index contributed by atoms with van der Waals surface area (Å²) in [5.41, 5.74) is 4.23. The molecule has 4 heteroatoms. The van der Waals surface area contributed by atoms with Gasteiger partial charge in [0.2, 0.25) is 5.91 Å². The van der Waals surface area contributed by atoms with Gasteiger partial charge in [0, 0.05) is 14.2 Å². The first-order valence-electron chi connectivity index (χ1n) is 12.1. The van der Waals surface area contributed by atoms with Gasteiger partial charge in [0.05, 0.1) is 12.0 Å². The monoisotopic (exact) mass is 433 g/mol. The fraction of sp³-hybridized carbons (Fsp3) is 0.536. The van der Waals surface area contributed by atoms with Crippen LogP contribution in [0, 0.1) is 23.2 Å². The van der Waals surface area contributed by atoms with E-state index >= 15 is 0 Å². The second-order valence-corrected chi connectivity index (χ2v) is 10.2. The number of aryl methyl sites for hydroxylation is 1. The molecule has 1 N–H and O–H groups in total. The number of amides is 1. The highest BCUT2D eigenvalue weighted by atomic mass is 16.5. The highest BCUT2D eigenvalue weighted by Gasteiger charge is 2.60. The average molecular weight is 434 g/mol. The number of hydrogen-bond acceptors (Lipinski definition) is 3.